The number of halogens is 1. The van der Waals surface area contributed by atoms with Gasteiger partial charge in [0, 0.05) is 10.4 Å². The summed E-state index contributed by atoms with van der Waals surface area (Å²) in [5, 5.41) is 12.3. The molecule has 0 radical (unpaired) electrons. The number of amides is 2. The zero-order chi connectivity index (χ0) is 20.3. The van der Waals surface area contributed by atoms with Crippen LogP contribution in [0.2, 0.25) is 5.02 Å². The highest BCUT2D eigenvalue weighted by Gasteiger charge is 2.14. The molecule has 0 atom stereocenters. The van der Waals surface area contributed by atoms with E-state index >= 15 is 0 Å². The second-order valence-electron chi connectivity index (χ2n) is 6.34. The summed E-state index contributed by atoms with van der Waals surface area (Å²) in [5.41, 5.74) is 6.29. The van der Waals surface area contributed by atoms with Crippen molar-refractivity contribution < 1.29 is 19.4 Å². The van der Waals surface area contributed by atoms with Crippen molar-refractivity contribution in [1.82, 2.24) is 10.9 Å². The number of phenols is 1. The molecule has 0 saturated heterocycles. The van der Waals surface area contributed by atoms with Crippen LogP contribution >= 0.6 is 11.6 Å². The highest BCUT2D eigenvalue weighted by molar-refractivity contribution is 6.32. The van der Waals surface area contributed by atoms with E-state index in [2.05, 4.69) is 10.9 Å². The number of hydrogen-bond donors (Lipinski definition) is 3. The minimum absolute atomic E-state index is 0.0591. The van der Waals surface area contributed by atoms with Crippen LogP contribution in [-0.4, -0.2) is 23.5 Å². The molecule has 0 aromatic heterocycles. The number of benzene rings is 3. The lowest BCUT2D eigenvalue weighted by atomic mass is 10.1. The number of carbonyl (C=O) groups is 2. The van der Waals surface area contributed by atoms with Gasteiger partial charge in [-0.05, 0) is 48.6 Å². The molecular formula is C21H19ClN2O4. The van der Waals surface area contributed by atoms with Crippen LogP contribution in [0.4, 0.5) is 0 Å². The van der Waals surface area contributed by atoms with Crippen molar-refractivity contribution in [2.45, 2.75) is 13.8 Å². The molecule has 0 saturated carbocycles. The first kappa shape index (κ1) is 19.5. The molecule has 0 aliphatic heterocycles. The van der Waals surface area contributed by atoms with Crippen LogP contribution in [0.5, 0.6) is 11.5 Å². The van der Waals surface area contributed by atoms with E-state index in [1.807, 2.05) is 26.0 Å². The minimum atomic E-state index is -0.630. The Morgan fingerprint density at radius 1 is 1.04 bits per heavy atom. The number of aromatic hydroxyl groups is 1. The van der Waals surface area contributed by atoms with E-state index in [1.165, 1.54) is 6.07 Å². The van der Waals surface area contributed by atoms with Gasteiger partial charge in [-0.15, -0.1) is 0 Å². The molecule has 0 aliphatic carbocycles. The number of fused-ring (bicyclic) bond motifs is 1. The third-order valence-corrected chi connectivity index (χ3v) is 4.84. The van der Waals surface area contributed by atoms with Gasteiger partial charge in [0.25, 0.3) is 11.8 Å². The van der Waals surface area contributed by atoms with Gasteiger partial charge in [-0.2, -0.15) is 0 Å². The Hall–Kier alpha value is -3.25. The molecule has 28 heavy (non-hydrogen) atoms. The smallest absolute Gasteiger partial charge is 0.276 e. The molecule has 0 fully saturated rings. The highest BCUT2D eigenvalue weighted by Crippen LogP contribution is 2.28. The lowest BCUT2D eigenvalue weighted by Gasteiger charge is -2.12. The number of carbonyl (C=O) groups excluding carboxylic acids is 2. The summed E-state index contributed by atoms with van der Waals surface area (Å²) in [5.74, 6) is -0.810. The third-order valence-electron chi connectivity index (χ3n) is 4.24. The predicted molar refractivity (Wildman–Crippen MR) is 108 cm³/mol. The first-order valence-corrected chi connectivity index (χ1v) is 8.94. The molecule has 0 bridgehead atoms. The molecule has 0 heterocycles. The Morgan fingerprint density at radius 3 is 2.43 bits per heavy atom. The number of hydrazine groups is 1. The van der Waals surface area contributed by atoms with Crippen molar-refractivity contribution in [2.24, 2.45) is 0 Å². The van der Waals surface area contributed by atoms with E-state index in [4.69, 9.17) is 16.3 Å². The summed E-state index contributed by atoms with van der Waals surface area (Å²) in [6, 6.07) is 13.8. The van der Waals surface area contributed by atoms with Crippen molar-refractivity contribution in [3.8, 4) is 11.5 Å². The fraction of sp³-hybridized carbons (Fsp3) is 0.143. The van der Waals surface area contributed by atoms with E-state index in [9.17, 15) is 14.7 Å². The van der Waals surface area contributed by atoms with Crippen molar-refractivity contribution >= 4 is 34.2 Å². The van der Waals surface area contributed by atoms with Gasteiger partial charge in [0.2, 0.25) is 0 Å². The number of aryl methyl sites for hydroxylation is 2. The van der Waals surface area contributed by atoms with Crippen molar-refractivity contribution in [3.05, 3.63) is 70.2 Å². The molecule has 3 N–H and O–H groups in total. The maximum atomic E-state index is 12.3. The van der Waals surface area contributed by atoms with Crippen LogP contribution in [0.3, 0.4) is 0 Å². The van der Waals surface area contributed by atoms with Crippen LogP contribution in [0.15, 0.2) is 48.5 Å². The van der Waals surface area contributed by atoms with Crippen molar-refractivity contribution in [2.75, 3.05) is 6.61 Å². The molecule has 6 nitrogen and oxygen atoms in total. The summed E-state index contributed by atoms with van der Waals surface area (Å²) in [6.45, 7) is 3.40. The van der Waals surface area contributed by atoms with Crippen molar-refractivity contribution in [1.29, 1.82) is 0 Å². The largest absolute Gasteiger partial charge is 0.506 e. The minimum Gasteiger partial charge on any atom is -0.506 e. The molecule has 144 valence electrons. The number of phenolic OH excluding ortho intramolecular Hbond substituents is 1. The molecule has 7 heteroatoms. The lowest BCUT2D eigenvalue weighted by molar-refractivity contribution is -0.123. The van der Waals surface area contributed by atoms with Crippen LogP contribution < -0.4 is 15.6 Å². The third kappa shape index (κ3) is 4.18. The quantitative estimate of drug-likeness (QED) is 0.585. The SMILES string of the molecule is Cc1cc(OCC(=O)NNC(=O)c2ccc3ccccc3c2O)cc(C)c1Cl. The van der Waals surface area contributed by atoms with E-state index in [-0.39, 0.29) is 17.9 Å². The first-order valence-electron chi connectivity index (χ1n) is 8.56. The Kier molecular flexibility index (Phi) is 5.70. The first-order chi connectivity index (χ1) is 13.4. The molecule has 2 amide bonds. The van der Waals surface area contributed by atoms with Crippen LogP contribution in [0.1, 0.15) is 21.5 Å². The maximum Gasteiger partial charge on any atom is 0.276 e. The fourth-order valence-electron chi connectivity index (χ4n) is 2.81. The molecule has 0 aliphatic rings. The molecule has 3 aromatic carbocycles. The second kappa shape index (κ2) is 8.19. The molecule has 0 unspecified atom stereocenters. The molecule has 0 spiro atoms. The highest BCUT2D eigenvalue weighted by atomic mass is 35.5. The van der Waals surface area contributed by atoms with E-state index in [0.717, 1.165) is 16.5 Å². The normalized spacial score (nSPS) is 10.5. The van der Waals surface area contributed by atoms with Gasteiger partial charge in [0.15, 0.2) is 6.61 Å². The standard InChI is InChI=1S/C21H19ClN2O4/c1-12-9-15(10-13(2)19(12)22)28-11-18(25)23-24-21(27)17-8-7-14-5-3-4-6-16(14)20(17)26/h3-10,26H,11H2,1-2H3,(H,23,25)(H,24,27). The number of hydrogen-bond acceptors (Lipinski definition) is 4. The zero-order valence-corrected chi connectivity index (χ0v) is 16.1. The Labute approximate surface area is 167 Å². The van der Waals surface area contributed by atoms with Gasteiger partial charge in [0.1, 0.15) is 11.5 Å². The average molecular weight is 399 g/mol. The van der Waals surface area contributed by atoms with Gasteiger partial charge in [-0.1, -0.05) is 41.9 Å². The Bertz CT molecular complexity index is 1040. The predicted octanol–water partition coefficient (Wildman–Crippen LogP) is 3.66. The van der Waals surface area contributed by atoms with Crippen LogP contribution in [-0.2, 0) is 4.79 Å². The van der Waals surface area contributed by atoms with Crippen LogP contribution in [0, 0.1) is 13.8 Å². The van der Waals surface area contributed by atoms with Crippen molar-refractivity contribution in [3.63, 3.8) is 0 Å². The summed E-state index contributed by atoms with van der Waals surface area (Å²) >= 11 is 6.10. The zero-order valence-electron chi connectivity index (χ0n) is 15.4. The Balaban J connectivity index is 1.59. The van der Waals surface area contributed by atoms with E-state index < -0.39 is 11.8 Å². The number of nitrogens with one attached hydrogen (secondary N) is 2. The van der Waals surface area contributed by atoms with Gasteiger partial charge < -0.3 is 9.84 Å². The monoisotopic (exact) mass is 398 g/mol. The van der Waals surface area contributed by atoms with Gasteiger partial charge in [0.05, 0.1) is 5.56 Å². The Morgan fingerprint density at radius 2 is 1.71 bits per heavy atom. The summed E-state index contributed by atoms with van der Waals surface area (Å²) in [6.07, 6.45) is 0. The number of rotatable bonds is 4. The van der Waals surface area contributed by atoms with Gasteiger partial charge in [-0.25, -0.2) is 0 Å². The number of ether oxygens (including phenoxy) is 1. The van der Waals surface area contributed by atoms with Gasteiger partial charge in [-0.3, -0.25) is 20.4 Å². The topological polar surface area (TPSA) is 87.7 Å². The molecular weight excluding hydrogens is 380 g/mol. The maximum absolute atomic E-state index is 12.3. The molecule has 3 aromatic rings. The summed E-state index contributed by atoms with van der Waals surface area (Å²) < 4.78 is 5.43. The van der Waals surface area contributed by atoms with Gasteiger partial charge >= 0.3 is 0 Å². The molecule has 3 rings (SSSR count). The van der Waals surface area contributed by atoms with Crippen LogP contribution in [0.25, 0.3) is 10.8 Å². The summed E-state index contributed by atoms with van der Waals surface area (Å²) in [7, 11) is 0. The lowest BCUT2D eigenvalue weighted by Crippen LogP contribution is -2.43. The average Bonchev–Trinajstić information content (AvgIpc) is 2.69. The second-order valence-corrected chi connectivity index (χ2v) is 6.72. The van der Waals surface area contributed by atoms with E-state index in [1.54, 1.807) is 30.3 Å². The summed E-state index contributed by atoms with van der Waals surface area (Å²) in [4.78, 5) is 24.2. The fourth-order valence-corrected chi connectivity index (χ4v) is 2.92. The van der Waals surface area contributed by atoms with E-state index in [0.29, 0.717) is 16.2 Å².